The third kappa shape index (κ3) is 2.98. The van der Waals surface area contributed by atoms with Crippen LogP contribution in [0.2, 0.25) is 0 Å². The minimum absolute atomic E-state index is 0.119. The van der Waals surface area contributed by atoms with E-state index < -0.39 is 0 Å². The largest absolute Gasteiger partial charge is 0.326 e. The molecule has 0 aliphatic heterocycles. The summed E-state index contributed by atoms with van der Waals surface area (Å²) in [6.45, 7) is 2.33. The average molecular weight is 297 g/mol. The highest BCUT2D eigenvalue weighted by molar-refractivity contribution is 5.92. The second kappa shape index (κ2) is 5.97. The van der Waals surface area contributed by atoms with Gasteiger partial charge in [-0.3, -0.25) is 9.48 Å². The zero-order valence-electron chi connectivity index (χ0n) is 12.2. The predicted molar refractivity (Wildman–Crippen MR) is 83.9 cm³/mol. The van der Waals surface area contributed by atoms with Crippen LogP contribution in [0.1, 0.15) is 6.92 Å². The summed E-state index contributed by atoms with van der Waals surface area (Å²) in [6.07, 6.45) is 1.79. The van der Waals surface area contributed by atoms with Crippen molar-refractivity contribution >= 4 is 22.5 Å². The van der Waals surface area contributed by atoms with E-state index in [-0.39, 0.29) is 17.6 Å². The van der Waals surface area contributed by atoms with Crippen molar-refractivity contribution in [2.45, 2.75) is 13.5 Å². The molecule has 1 unspecified atom stereocenters. The van der Waals surface area contributed by atoms with Crippen molar-refractivity contribution in [3.8, 4) is 0 Å². The molecule has 5 heteroatoms. The van der Waals surface area contributed by atoms with Crippen LogP contribution in [-0.4, -0.2) is 15.7 Å². The highest BCUT2D eigenvalue weighted by Gasteiger charge is 2.15. The number of carbonyl (C=O) groups is 1. The first kappa shape index (κ1) is 14.3. The summed E-state index contributed by atoms with van der Waals surface area (Å²) in [5, 5.41) is 8.16. The van der Waals surface area contributed by atoms with Crippen LogP contribution < -0.4 is 5.32 Å². The third-order valence-electron chi connectivity index (χ3n) is 3.56. The zero-order chi connectivity index (χ0) is 15.5. The molecule has 0 saturated heterocycles. The SMILES string of the molecule is CC(Cn1ncc2ccccc21)C(=O)Nc1ccc(F)cc1. The van der Waals surface area contributed by atoms with Crippen molar-refractivity contribution in [1.82, 2.24) is 9.78 Å². The number of benzene rings is 2. The molecule has 0 fully saturated rings. The van der Waals surface area contributed by atoms with Crippen LogP contribution in [0.5, 0.6) is 0 Å². The fourth-order valence-electron chi connectivity index (χ4n) is 2.31. The van der Waals surface area contributed by atoms with Gasteiger partial charge in [0.1, 0.15) is 5.82 Å². The van der Waals surface area contributed by atoms with Gasteiger partial charge < -0.3 is 5.32 Å². The molecule has 1 heterocycles. The summed E-state index contributed by atoms with van der Waals surface area (Å²) in [5.74, 6) is -0.700. The molecule has 112 valence electrons. The number of aromatic nitrogens is 2. The van der Waals surface area contributed by atoms with Gasteiger partial charge in [-0.15, -0.1) is 0 Å². The van der Waals surface area contributed by atoms with Gasteiger partial charge in [-0.1, -0.05) is 25.1 Å². The Morgan fingerprint density at radius 1 is 1.23 bits per heavy atom. The van der Waals surface area contributed by atoms with Crippen LogP contribution in [-0.2, 0) is 11.3 Å². The van der Waals surface area contributed by atoms with E-state index in [2.05, 4.69) is 10.4 Å². The van der Waals surface area contributed by atoms with Crippen LogP contribution in [0.3, 0.4) is 0 Å². The Balaban J connectivity index is 1.69. The molecule has 0 spiro atoms. The fraction of sp³-hybridized carbons (Fsp3) is 0.176. The van der Waals surface area contributed by atoms with Crippen LogP contribution >= 0.6 is 0 Å². The number of para-hydroxylation sites is 1. The lowest BCUT2D eigenvalue weighted by molar-refractivity contribution is -0.119. The second-order valence-electron chi connectivity index (χ2n) is 5.28. The molecule has 0 saturated carbocycles. The lowest BCUT2D eigenvalue weighted by Gasteiger charge is -2.13. The molecule has 4 nitrogen and oxygen atoms in total. The maximum absolute atomic E-state index is 12.9. The number of anilines is 1. The Morgan fingerprint density at radius 2 is 1.95 bits per heavy atom. The molecule has 3 rings (SSSR count). The molecule has 3 aromatic rings. The predicted octanol–water partition coefficient (Wildman–Crippen LogP) is 3.45. The molecule has 1 atom stereocenters. The van der Waals surface area contributed by atoms with E-state index in [9.17, 15) is 9.18 Å². The van der Waals surface area contributed by atoms with E-state index in [4.69, 9.17) is 0 Å². The normalized spacial score (nSPS) is 12.3. The van der Waals surface area contributed by atoms with Crippen molar-refractivity contribution in [1.29, 1.82) is 0 Å². The number of rotatable bonds is 4. The third-order valence-corrected chi connectivity index (χ3v) is 3.56. The van der Waals surface area contributed by atoms with Crippen molar-refractivity contribution in [2.75, 3.05) is 5.32 Å². The zero-order valence-corrected chi connectivity index (χ0v) is 12.2. The highest BCUT2D eigenvalue weighted by atomic mass is 19.1. The Kier molecular flexibility index (Phi) is 3.87. The van der Waals surface area contributed by atoms with Crippen molar-refractivity contribution in [3.63, 3.8) is 0 Å². The van der Waals surface area contributed by atoms with E-state index in [0.29, 0.717) is 12.2 Å². The Bertz CT molecular complexity index is 795. The quantitative estimate of drug-likeness (QED) is 0.801. The summed E-state index contributed by atoms with van der Waals surface area (Å²) in [5.41, 5.74) is 1.59. The maximum atomic E-state index is 12.9. The van der Waals surface area contributed by atoms with Crippen molar-refractivity contribution in [2.24, 2.45) is 5.92 Å². The number of halogens is 1. The summed E-state index contributed by atoms with van der Waals surface area (Å²) >= 11 is 0. The summed E-state index contributed by atoms with van der Waals surface area (Å²) < 4.78 is 14.7. The lowest BCUT2D eigenvalue weighted by Crippen LogP contribution is -2.24. The van der Waals surface area contributed by atoms with Gasteiger partial charge in [0, 0.05) is 11.1 Å². The standard InChI is InChI=1S/C17H16FN3O/c1-12(17(22)20-15-8-6-14(18)7-9-15)11-21-16-5-3-2-4-13(16)10-19-21/h2-10,12H,11H2,1H3,(H,20,22). The van der Waals surface area contributed by atoms with Crippen LogP contribution in [0.15, 0.2) is 54.7 Å². The molecule has 0 aliphatic rings. The minimum atomic E-state index is -0.325. The first-order valence-corrected chi connectivity index (χ1v) is 7.10. The lowest BCUT2D eigenvalue weighted by atomic mass is 10.1. The Hall–Kier alpha value is -2.69. The molecule has 1 N–H and O–H groups in total. The van der Waals surface area contributed by atoms with E-state index in [1.54, 1.807) is 18.3 Å². The number of amides is 1. The number of hydrogen-bond acceptors (Lipinski definition) is 2. The molecule has 1 amide bonds. The molecule has 1 aromatic heterocycles. The van der Waals surface area contributed by atoms with Crippen molar-refractivity contribution < 1.29 is 9.18 Å². The fourth-order valence-corrected chi connectivity index (χ4v) is 2.31. The number of carbonyl (C=O) groups excluding carboxylic acids is 1. The molecular formula is C17H16FN3O. The van der Waals surface area contributed by atoms with Gasteiger partial charge in [0.15, 0.2) is 0 Å². The molecule has 0 radical (unpaired) electrons. The van der Waals surface area contributed by atoms with Gasteiger partial charge in [0.05, 0.1) is 24.2 Å². The Labute approximate surface area is 127 Å². The second-order valence-corrected chi connectivity index (χ2v) is 5.28. The monoisotopic (exact) mass is 297 g/mol. The van der Waals surface area contributed by atoms with Gasteiger partial charge >= 0.3 is 0 Å². The van der Waals surface area contributed by atoms with Crippen LogP contribution in [0.4, 0.5) is 10.1 Å². The van der Waals surface area contributed by atoms with Crippen molar-refractivity contribution in [3.05, 3.63) is 60.5 Å². The summed E-state index contributed by atoms with van der Waals surface area (Å²) in [7, 11) is 0. The van der Waals surface area contributed by atoms with E-state index in [1.807, 2.05) is 35.9 Å². The van der Waals surface area contributed by atoms with Gasteiger partial charge in [0.25, 0.3) is 0 Å². The minimum Gasteiger partial charge on any atom is -0.326 e. The van der Waals surface area contributed by atoms with Gasteiger partial charge in [0.2, 0.25) is 5.91 Å². The smallest absolute Gasteiger partial charge is 0.229 e. The highest BCUT2D eigenvalue weighted by Crippen LogP contribution is 2.15. The molecule has 22 heavy (non-hydrogen) atoms. The topological polar surface area (TPSA) is 46.9 Å². The van der Waals surface area contributed by atoms with E-state index >= 15 is 0 Å². The number of nitrogens with zero attached hydrogens (tertiary/aromatic N) is 2. The first-order chi connectivity index (χ1) is 10.6. The Morgan fingerprint density at radius 3 is 2.73 bits per heavy atom. The first-order valence-electron chi connectivity index (χ1n) is 7.10. The van der Waals surface area contributed by atoms with E-state index in [1.165, 1.54) is 12.1 Å². The maximum Gasteiger partial charge on any atom is 0.229 e. The number of nitrogens with one attached hydrogen (secondary N) is 1. The molecule has 2 aromatic carbocycles. The van der Waals surface area contributed by atoms with Crippen LogP contribution in [0, 0.1) is 11.7 Å². The van der Waals surface area contributed by atoms with Gasteiger partial charge in [-0.2, -0.15) is 5.10 Å². The van der Waals surface area contributed by atoms with Crippen LogP contribution in [0.25, 0.3) is 10.9 Å². The number of hydrogen-bond donors (Lipinski definition) is 1. The average Bonchev–Trinajstić information content (AvgIpc) is 2.93. The molecule has 0 aliphatic carbocycles. The molecule has 0 bridgehead atoms. The summed E-state index contributed by atoms with van der Waals surface area (Å²) in [6, 6.07) is 13.6. The van der Waals surface area contributed by atoms with Gasteiger partial charge in [-0.25, -0.2) is 4.39 Å². The number of fused-ring (bicyclic) bond motifs is 1. The molecular weight excluding hydrogens is 281 g/mol. The summed E-state index contributed by atoms with van der Waals surface area (Å²) in [4.78, 5) is 12.2. The van der Waals surface area contributed by atoms with E-state index in [0.717, 1.165) is 10.9 Å². The van der Waals surface area contributed by atoms with Gasteiger partial charge in [-0.05, 0) is 30.3 Å².